The molecular weight excluding hydrogens is 408 g/mol. The molecular formula is C20H16N4O5S. The molecule has 1 N–H and O–H groups in total. The van der Waals surface area contributed by atoms with Crippen LogP contribution in [-0.4, -0.2) is 20.6 Å². The van der Waals surface area contributed by atoms with Crippen LogP contribution in [0.3, 0.4) is 0 Å². The Kier molecular flexibility index (Phi) is 5.98. The van der Waals surface area contributed by atoms with Gasteiger partial charge in [-0.25, -0.2) is 4.98 Å². The normalized spacial score (nSPS) is 10.9. The van der Waals surface area contributed by atoms with E-state index in [0.717, 1.165) is 16.9 Å². The van der Waals surface area contributed by atoms with Crippen LogP contribution in [0.15, 0.2) is 48.5 Å². The van der Waals surface area contributed by atoms with Crippen molar-refractivity contribution in [1.29, 1.82) is 0 Å². The minimum atomic E-state index is -0.494. The zero-order chi connectivity index (χ0) is 21.8. The number of ketones is 1. The number of nitrogens with one attached hydrogen (secondary N) is 1. The molecule has 10 heteroatoms. The van der Waals surface area contributed by atoms with Gasteiger partial charge in [-0.1, -0.05) is 23.5 Å². The maximum Gasteiger partial charge on any atom is 0.292 e. The first-order chi connectivity index (χ1) is 14.2. The van der Waals surface area contributed by atoms with Crippen molar-refractivity contribution in [3.63, 3.8) is 0 Å². The second kappa shape index (κ2) is 8.62. The Morgan fingerprint density at radius 1 is 1.07 bits per heavy atom. The van der Waals surface area contributed by atoms with Crippen molar-refractivity contribution in [3.8, 4) is 0 Å². The molecule has 152 valence electrons. The number of non-ortho nitro benzene ring substituents is 1. The van der Waals surface area contributed by atoms with Crippen molar-refractivity contribution >= 4 is 45.4 Å². The minimum Gasteiger partial charge on any atom is -0.326 e. The highest BCUT2D eigenvalue weighted by molar-refractivity contribution is 7.17. The van der Waals surface area contributed by atoms with E-state index in [-0.39, 0.29) is 17.2 Å². The van der Waals surface area contributed by atoms with Gasteiger partial charge in [0.15, 0.2) is 10.9 Å². The number of carbonyl (C=O) groups is 1. The number of benzene rings is 2. The monoisotopic (exact) mass is 424 g/mol. The van der Waals surface area contributed by atoms with Crippen molar-refractivity contribution in [2.75, 3.05) is 5.32 Å². The summed E-state index contributed by atoms with van der Waals surface area (Å²) in [6, 6.07) is 10.6. The Labute approximate surface area is 175 Å². The maximum absolute atomic E-state index is 12.5. The quantitative estimate of drug-likeness (QED) is 0.238. The number of nitro benzene ring substituents is 2. The first-order valence-corrected chi connectivity index (χ1v) is 9.52. The van der Waals surface area contributed by atoms with Gasteiger partial charge in [-0.3, -0.25) is 25.0 Å². The molecule has 0 aliphatic rings. The van der Waals surface area contributed by atoms with E-state index >= 15 is 0 Å². The third-order valence-electron chi connectivity index (χ3n) is 4.14. The third kappa shape index (κ3) is 4.73. The number of thiazole rings is 1. The molecule has 2 aromatic carbocycles. The zero-order valence-corrected chi connectivity index (χ0v) is 16.8. The third-order valence-corrected chi connectivity index (χ3v) is 5.23. The summed E-state index contributed by atoms with van der Waals surface area (Å²) < 4.78 is 0. The van der Waals surface area contributed by atoms with Gasteiger partial charge in [0.2, 0.25) is 0 Å². The highest BCUT2D eigenvalue weighted by Crippen LogP contribution is 2.32. The van der Waals surface area contributed by atoms with E-state index < -0.39 is 9.85 Å². The molecule has 30 heavy (non-hydrogen) atoms. The van der Waals surface area contributed by atoms with E-state index in [1.54, 1.807) is 44.2 Å². The first kappa shape index (κ1) is 20.8. The molecule has 0 atom stereocenters. The summed E-state index contributed by atoms with van der Waals surface area (Å²) in [6.07, 6.45) is 2.92. The number of anilines is 2. The molecule has 0 radical (unpaired) electrons. The number of aromatic nitrogens is 1. The number of nitrogens with zero attached hydrogens (tertiary/aromatic N) is 3. The topological polar surface area (TPSA) is 128 Å². The lowest BCUT2D eigenvalue weighted by Crippen LogP contribution is -1.97. The number of nitro groups is 2. The molecule has 0 saturated carbocycles. The van der Waals surface area contributed by atoms with Crippen LogP contribution < -0.4 is 5.32 Å². The first-order valence-electron chi connectivity index (χ1n) is 8.71. The summed E-state index contributed by atoms with van der Waals surface area (Å²) in [4.78, 5) is 38.2. The van der Waals surface area contributed by atoms with Crippen LogP contribution in [0.2, 0.25) is 0 Å². The van der Waals surface area contributed by atoms with Gasteiger partial charge in [0.25, 0.3) is 11.4 Å². The predicted octanol–water partition coefficient (Wildman–Crippen LogP) is 5.22. The van der Waals surface area contributed by atoms with Crippen molar-refractivity contribution < 1.29 is 14.6 Å². The molecule has 1 heterocycles. The average Bonchev–Trinajstić information content (AvgIpc) is 3.07. The molecule has 3 rings (SSSR count). The second-order valence-electron chi connectivity index (χ2n) is 6.38. The highest BCUT2D eigenvalue weighted by atomic mass is 32.1. The lowest BCUT2D eigenvalue weighted by atomic mass is 10.1. The van der Waals surface area contributed by atoms with E-state index in [9.17, 15) is 25.0 Å². The fraction of sp³-hybridized carbons (Fsp3) is 0.100. The predicted molar refractivity (Wildman–Crippen MR) is 114 cm³/mol. The van der Waals surface area contributed by atoms with Crippen LogP contribution in [0.25, 0.3) is 6.08 Å². The Hall–Kier alpha value is -3.92. The fourth-order valence-electron chi connectivity index (χ4n) is 2.65. The molecule has 3 aromatic rings. The summed E-state index contributed by atoms with van der Waals surface area (Å²) in [5.74, 6) is -0.283. The van der Waals surface area contributed by atoms with Gasteiger partial charge in [0.05, 0.1) is 20.4 Å². The summed E-state index contributed by atoms with van der Waals surface area (Å²) in [5.41, 5.74) is 2.08. The van der Waals surface area contributed by atoms with E-state index in [1.165, 1.54) is 24.3 Å². The summed E-state index contributed by atoms with van der Waals surface area (Å²) in [7, 11) is 0. The largest absolute Gasteiger partial charge is 0.326 e. The molecule has 0 saturated heterocycles. The van der Waals surface area contributed by atoms with E-state index in [1.807, 2.05) is 0 Å². The van der Waals surface area contributed by atoms with Crippen LogP contribution in [0.1, 0.15) is 26.5 Å². The van der Waals surface area contributed by atoms with Crippen LogP contribution >= 0.6 is 11.3 Å². The van der Waals surface area contributed by atoms with Gasteiger partial charge in [0, 0.05) is 18.2 Å². The molecule has 0 aliphatic carbocycles. The van der Waals surface area contributed by atoms with Crippen molar-refractivity contribution in [3.05, 3.63) is 90.5 Å². The van der Waals surface area contributed by atoms with Crippen LogP contribution in [0, 0.1) is 34.1 Å². The smallest absolute Gasteiger partial charge is 0.292 e. The molecule has 0 bridgehead atoms. The van der Waals surface area contributed by atoms with Gasteiger partial charge in [-0.15, -0.1) is 0 Å². The standard InChI is InChI=1S/C20H16N4O5S/c1-12-3-9-16(17(11-12)24(28)29)22-20-21-13(2)19(30-20)18(25)10-6-14-4-7-15(8-5-14)23(26)27/h3-11H,1-2H3,(H,21,22)/b10-6+. The molecule has 0 spiro atoms. The Morgan fingerprint density at radius 3 is 2.40 bits per heavy atom. The van der Waals surface area contributed by atoms with Crippen LogP contribution in [-0.2, 0) is 0 Å². The summed E-state index contributed by atoms with van der Waals surface area (Å²) in [6.45, 7) is 3.44. The van der Waals surface area contributed by atoms with Crippen LogP contribution in [0.4, 0.5) is 22.2 Å². The number of carbonyl (C=O) groups excluding carboxylic acids is 1. The number of rotatable bonds is 7. The fourth-order valence-corrected chi connectivity index (χ4v) is 3.55. The highest BCUT2D eigenvalue weighted by Gasteiger charge is 2.18. The molecule has 0 fully saturated rings. The number of aryl methyl sites for hydroxylation is 2. The minimum absolute atomic E-state index is 0.0299. The molecule has 1 aromatic heterocycles. The van der Waals surface area contributed by atoms with Gasteiger partial charge >= 0.3 is 0 Å². The zero-order valence-electron chi connectivity index (χ0n) is 16.0. The number of hydrogen-bond acceptors (Lipinski definition) is 8. The van der Waals surface area contributed by atoms with Gasteiger partial charge in [-0.2, -0.15) is 0 Å². The second-order valence-corrected chi connectivity index (χ2v) is 7.38. The van der Waals surface area contributed by atoms with Crippen molar-refractivity contribution in [1.82, 2.24) is 4.98 Å². The van der Waals surface area contributed by atoms with Crippen molar-refractivity contribution in [2.45, 2.75) is 13.8 Å². The van der Waals surface area contributed by atoms with E-state index in [2.05, 4.69) is 10.3 Å². The van der Waals surface area contributed by atoms with Crippen LogP contribution in [0.5, 0.6) is 0 Å². The Morgan fingerprint density at radius 2 is 1.77 bits per heavy atom. The molecule has 0 aliphatic heterocycles. The SMILES string of the molecule is Cc1ccc(Nc2nc(C)c(C(=O)/C=C/c3ccc([N+](=O)[O-])cc3)s2)c([N+](=O)[O-])c1. The Balaban J connectivity index is 1.78. The van der Waals surface area contributed by atoms with Gasteiger partial charge < -0.3 is 5.32 Å². The average molecular weight is 424 g/mol. The van der Waals surface area contributed by atoms with Gasteiger partial charge in [-0.05, 0) is 49.2 Å². The molecule has 0 unspecified atom stereocenters. The maximum atomic E-state index is 12.5. The van der Waals surface area contributed by atoms with Gasteiger partial charge in [0.1, 0.15) is 5.69 Å². The van der Waals surface area contributed by atoms with E-state index in [4.69, 9.17) is 0 Å². The lowest BCUT2D eigenvalue weighted by molar-refractivity contribution is -0.384. The Bertz CT molecular complexity index is 1170. The van der Waals surface area contributed by atoms with E-state index in [0.29, 0.717) is 27.0 Å². The lowest BCUT2D eigenvalue weighted by Gasteiger charge is -2.04. The number of hydrogen-bond donors (Lipinski definition) is 1. The summed E-state index contributed by atoms with van der Waals surface area (Å²) in [5, 5.41) is 25.2. The van der Waals surface area contributed by atoms with Crippen molar-refractivity contribution in [2.24, 2.45) is 0 Å². The number of allylic oxidation sites excluding steroid dienone is 1. The molecule has 9 nitrogen and oxygen atoms in total. The molecule has 0 amide bonds. The summed E-state index contributed by atoms with van der Waals surface area (Å²) >= 11 is 1.09.